The molecule has 0 aromatic heterocycles. The monoisotopic (exact) mass is 237 g/mol. The maximum absolute atomic E-state index is 11.6. The Morgan fingerprint density at radius 1 is 1.59 bits per heavy atom. The number of carboxylic acids is 1. The van der Waals surface area contributed by atoms with Gasteiger partial charge in [-0.3, -0.25) is 9.69 Å². The number of nitrogens with zero attached hydrogens (tertiary/aromatic N) is 1. The third-order valence-corrected chi connectivity index (χ3v) is 2.41. The van der Waals surface area contributed by atoms with Crippen LogP contribution in [0.15, 0.2) is 18.2 Å². The van der Waals surface area contributed by atoms with Crippen molar-refractivity contribution in [2.75, 3.05) is 25.3 Å². The molecular formula is C11H11NO5. The number of carbonyl (C=O) groups is 2. The van der Waals surface area contributed by atoms with Crippen molar-refractivity contribution in [3.8, 4) is 5.75 Å². The number of carbonyl (C=O) groups excluding carboxylic acids is 1. The van der Waals surface area contributed by atoms with Crippen molar-refractivity contribution >= 4 is 17.6 Å². The molecule has 6 nitrogen and oxygen atoms in total. The van der Waals surface area contributed by atoms with E-state index in [0.29, 0.717) is 11.4 Å². The second-order valence-electron chi connectivity index (χ2n) is 3.52. The fourth-order valence-electron chi connectivity index (χ4n) is 1.61. The van der Waals surface area contributed by atoms with Crippen LogP contribution in [-0.2, 0) is 9.53 Å². The standard InChI is InChI=1S/C11H11NO5/c1-16-6-12-8-4-7(11(14)15)2-3-9(8)17-5-10(12)13/h2-4H,5-6H2,1H3,(H,14,15). The highest BCUT2D eigenvalue weighted by molar-refractivity contribution is 5.99. The molecule has 17 heavy (non-hydrogen) atoms. The van der Waals surface area contributed by atoms with Gasteiger partial charge in [0.05, 0.1) is 11.3 Å². The largest absolute Gasteiger partial charge is 0.482 e. The van der Waals surface area contributed by atoms with Gasteiger partial charge in [-0.1, -0.05) is 0 Å². The quantitative estimate of drug-likeness (QED) is 0.838. The van der Waals surface area contributed by atoms with E-state index >= 15 is 0 Å². The molecule has 2 rings (SSSR count). The van der Waals surface area contributed by atoms with Crippen LogP contribution >= 0.6 is 0 Å². The van der Waals surface area contributed by atoms with E-state index in [1.165, 1.54) is 30.2 Å². The van der Waals surface area contributed by atoms with Crippen molar-refractivity contribution in [1.29, 1.82) is 0 Å². The molecule has 1 aliphatic heterocycles. The first-order chi connectivity index (χ1) is 8.13. The molecule has 1 aliphatic rings. The van der Waals surface area contributed by atoms with Gasteiger partial charge in [-0.15, -0.1) is 0 Å². The maximum atomic E-state index is 11.6. The molecule has 0 saturated carbocycles. The molecule has 6 heteroatoms. The SMILES string of the molecule is COCN1C(=O)COc2ccc(C(=O)O)cc21. The molecule has 0 spiro atoms. The van der Waals surface area contributed by atoms with Crippen LogP contribution in [0.3, 0.4) is 0 Å². The van der Waals surface area contributed by atoms with E-state index in [-0.39, 0.29) is 24.8 Å². The van der Waals surface area contributed by atoms with Crippen molar-refractivity contribution in [2.24, 2.45) is 0 Å². The van der Waals surface area contributed by atoms with Crippen LogP contribution in [0.5, 0.6) is 5.75 Å². The molecule has 0 fully saturated rings. The summed E-state index contributed by atoms with van der Waals surface area (Å²) < 4.78 is 10.1. The number of carboxylic acid groups (broad SMARTS) is 1. The van der Waals surface area contributed by atoms with Crippen LogP contribution in [0.1, 0.15) is 10.4 Å². The number of fused-ring (bicyclic) bond motifs is 1. The molecular weight excluding hydrogens is 226 g/mol. The third kappa shape index (κ3) is 2.07. The second kappa shape index (κ2) is 4.42. The molecule has 1 aromatic carbocycles. The predicted molar refractivity (Wildman–Crippen MR) is 58.3 cm³/mol. The van der Waals surface area contributed by atoms with Crippen LogP contribution in [-0.4, -0.2) is 37.4 Å². The summed E-state index contributed by atoms with van der Waals surface area (Å²) in [6.45, 7) is 0.00104. The second-order valence-corrected chi connectivity index (χ2v) is 3.52. The van der Waals surface area contributed by atoms with Crippen molar-refractivity contribution in [3.05, 3.63) is 23.8 Å². The number of hydrogen-bond donors (Lipinski definition) is 1. The van der Waals surface area contributed by atoms with E-state index in [2.05, 4.69) is 0 Å². The van der Waals surface area contributed by atoms with Gasteiger partial charge in [0, 0.05) is 7.11 Å². The van der Waals surface area contributed by atoms with Crippen molar-refractivity contribution in [2.45, 2.75) is 0 Å². The Hall–Kier alpha value is -2.08. The van der Waals surface area contributed by atoms with E-state index in [9.17, 15) is 9.59 Å². The minimum atomic E-state index is -1.05. The molecule has 1 heterocycles. The van der Waals surface area contributed by atoms with Gasteiger partial charge >= 0.3 is 5.97 Å². The normalized spacial score (nSPS) is 14.2. The lowest BCUT2D eigenvalue weighted by Gasteiger charge is -2.28. The Labute approximate surface area is 97.4 Å². The molecule has 90 valence electrons. The minimum Gasteiger partial charge on any atom is -0.482 e. The number of anilines is 1. The summed E-state index contributed by atoms with van der Waals surface area (Å²) in [7, 11) is 1.46. The first kappa shape index (κ1) is 11.4. The minimum absolute atomic E-state index is 0.0667. The Morgan fingerprint density at radius 2 is 2.35 bits per heavy atom. The summed E-state index contributed by atoms with van der Waals surface area (Å²) in [6.07, 6.45) is 0. The van der Waals surface area contributed by atoms with Crippen LogP contribution in [0.2, 0.25) is 0 Å². The number of rotatable bonds is 3. The van der Waals surface area contributed by atoms with E-state index in [1.807, 2.05) is 0 Å². The molecule has 0 saturated heterocycles. The van der Waals surface area contributed by atoms with Crippen LogP contribution in [0.4, 0.5) is 5.69 Å². The predicted octanol–water partition coefficient (Wildman–Crippen LogP) is 0.714. The van der Waals surface area contributed by atoms with Crippen LogP contribution in [0.25, 0.3) is 0 Å². The molecule has 0 atom stereocenters. The smallest absolute Gasteiger partial charge is 0.335 e. The molecule has 0 radical (unpaired) electrons. The summed E-state index contributed by atoms with van der Waals surface area (Å²) in [6, 6.07) is 4.36. The highest BCUT2D eigenvalue weighted by Crippen LogP contribution is 2.32. The van der Waals surface area contributed by atoms with Crippen LogP contribution in [0, 0.1) is 0 Å². The zero-order chi connectivity index (χ0) is 12.4. The number of amides is 1. The number of methoxy groups -OCH3 is 1. The molecule has 0 bridgehead atoms. The van der Waals surface area contributed by atoms with Gasteiger partial charge in [-0.25, -0.2) is 4.79 Å². The fourth-order valence-corrected chi connectivity index (χ4v) is 1.61. The Kier molecular flexibility index (Phi) is 2.97. The average Bonchev–Trinajstić information content (AvgIpc) is 2.32. The van der Waals surface area contributed by atoms with Gasteiger partial charge in [0.15, 0.2) is 6.61 Å². The maximum Gasteiger partial charge on any atom is 0.335 e. The van der Waals surface area contributed by atoms with Gasteiger partial charge in [-0.05, 0) is 18.2 Å². The first-order valence-electron chi connectivity index (χ1n) is 4.93. The zero-order valence-corrected chi connectivity index (χ0v) is 9.17. The van der Waals surface area contributed by atoms with Gasteiger partial charge in [0.1, 0.15) is 12.5 Å². The fraction of sp³-hybridized carbons (Fsp3) is 0.273. The lowest BCUT2D eigenvalue weighted by Crippen LogP contribution is -2.40. The number of ether oxygens (including phenoxy) is 2. The Balaban J connectivity index is 2.44. The van der Waals surface area contributed by atoms with Gasteiger partial charge in [0.25, 0.3) is 5.91 Å². The van der Waals surface area contributed by atoms with Crippen LogP contribution < -0.4 is 9.64 Å². The van der Waals surface area contributed by atoms with E-state index in [1.54, 1.807) is 0 Å². The Bertz CT molecular complexity index is 471. The molecule has 1 amide bonds. The van der Waals surface area contributed by atoms with Crippen molar-refractivity contribution < 1.29 is 24.2 Å². The molecule has 0 aliphatic carbocycles. The van der Waals surface area contributed by atoms with Gasteiger partial charge in [-0.2, -0.15) is 0 Å². The molecule has 1 aromatic rings. The average molecular weight is 237 g/mol. The Morgan fingerprint density at radius 3 is 3.00 bits per heavy atom. The topological polar surface area (TPSA) is 76.1 Å². The van der Waals surface area contributed by atoms with Gasteiger partial charge < -0.3 is 14.6 Å². The third-order valence-electron chi connectivity index (χ3n) is 2.41. The number of benzene rings is 1. The highest BCUT2D eigenvalue weighted by Gasteiger charge is 2.26. The molecule has 1 N–H and O–H groups in total. The zero-order valence-electron chi connectivity index (χ0n) is 9.17. The summed E-state index contributed by atoms with van der Waals surface area (Å²) in [5.74, 6) is -0.836. The van der Waals surface area contributed by atoms with E-state index in [0.717, 1.165) is 0 Å². The number of aromatic carboxylic acids is 1. The summed E-state index contributed by atoms with van der Waals surface area (Å²) in [4.78, 5) is 23.8. The summed E-state index contributed by atoms with van der Waals surface area (Å²) in [5, 5.41) is 8.89. The van der Waals surface area contributed by atoms with E-state index in [4.69, 9.17) is 14.6 Å². The van der Waals surface area contributed by atoms with E-state index < -0.39 is 5.97 Å². The lowest BCUT2D eigenvalue weighted by atomic mass is 10.1. The first-order valence-corrected chi connectivity index (χ1v) is 4.93. The van der Waals surface area contributed by atoms with Crippen molar-refractivity contribution in [1.82, 2.24) is 0 Å². The van der Waals surface area contributed by atoms with Gasteiger partial charge in [0.2, 0.25) is 0 Å². The lowest BCUT2D eigenvalue weighted by molar-refractivity contribution is -0.122. The highest BCUT2D eigenvalue weighted by atomic mass is 16.5. The summed E-state index contributed by atoms with van der Waals surface area (Å²) >= 11 is 0. The summed E-state index contributed by atoms with van der Waals surface area (Å²) in [5.41, 5.74) is 0.520. The van der Waals surface area contributed by atoms with Crippen molar-refractivity contribution in [3.63, 3.8) is 0 Å². The number of hydrogen-bond acceptors (Lipinski definition) is 4. The molecule has 0 unspecified atom stereocenters.